The normalized spacial score (nSPS) is 16.9. The van der Waals surface area contributed by atoms with Crippen LogP contribution in [-0.2, 0) is 11.3 Å². The Bertz CT molecular complexity index is 1050. The van der Waals surface area contributed by atoms with Crippen molar-refractivity contribution in [3.63, 3.8) is 0 Å². The number of aromatic nitrogens is 3. The predicted molar refractivity (Wildman–Crippen MR) is 97.6 cm³/mol. The highest BCUT2D eigenvalue weighted by molar-refractivity contribution is 5.91. The summed E-state index contributed by atoms with van der Waals surface area (Å²) in [6.45, 7) is 1.08. The summed E-state index contributed by atoms with van der Waals surface area (Å²) in [5.74, 6) is 0.733. The number of hydrogen-bond donors (Lipinski definition) is 1. The fraction of sp³-hybridized carbons (Fsp3) is 0.316. The van der Waals surface area contributed by atoms with Crippen molar-refractivity contribution < 1.29 is 9.47 Å². The molecule has 26 heavy (non-hydrogen) atoms. The highest BCUT2D eigenvalue weighted by Crippen LogP contribution is 2.26. The number of nitrogens with one attached hydrogen (secondary N) is 1. The van der Waals surface area contributed by atoms with Crippen LogP contribution in [0.25, 0.3) is 22.2 Å². The van der Waals surface area contributed by atoms with E-state index in [4.69, 9.17) is 9.47 Å². The average molecular weight is 353 g/mol. The van der Waals surface area contributed by atoms with Crippen LogP contribution >= 0.6 is 0 Å². The van der Waals surface area contributed by atoms with Crippen LogP contribution in [0.4, 0.5) is 0 Å². The van der Waals surface area contributed by atoms with E-state index >= 15 is 0 Å². The number of ether oxygens (including phenoxy) is 2. The summed E-state index contributed by atoms with van der Waals surface area (Å²) in [6, 6.07) is 9.20. The molecule has 0 aliphatic carbocycles. The molecule has 1 atom stereocenters. The Morgan fingerprint density at radius 3 is 2.77 bits per heavy atom. The van der Waals surface area contributed by atoms with Crippen molar-refractivity contribution in [3.05, 3.63) is 57.4 Å². The van der Waals surface area contributed by atoms with Crippen LogP contribution in [0.15, 0.2) is 46.1 Å². The Morgan fingerprint density at radius 2 is 2.08 bits per heavy atom. The van der Waals surface area contributed by atoms with E-state index in [1.165, 1.54) is 4.57 Å². The molecule has 134 valence electrons. The number of methoxy groups -OCH3 is 1. The molecule has 4 rings (SSSR count). The summed E-state index contributed by atoms with van der Waals surface area (Å²) in [5, 5.41) is 0.398. The molecule has 3 aromatic rings. The van der Waals surface area contributed by atoms with Crippen molar-refractivity contribution in [2.45, 2.75) is 25.5 Å². The van der Waals surface area contributed by atoms with Gasteiger partial charge in [0.05, 0.1) is 25.1 Å². The second kappa shape index (κ2) is 6.76. The van der Waals surface area contributed by atoms with Gasteiger partial charge in [0.15, 0.2) is 0 Å². The van der Waals surface area contributed by atoms with Crippen LogP contribution in [0.3, 0.4) is 0 Å². The summed E-state index contributed by atoms with van der Waals surface area (Å²) >= 11 is 0. The van der Waals surface area contributed by atoms with Crippen molar-refractivity contribution in [3.8, 4) is 16.9 Å². The quantitative estimate of drug-likeness (QED) is 0.775. The van der Waals surface area contributed by atoms with Gasteiger partial charge in [0.1, 0.15) is 11.4 Å². The van der Waals surface area contributed by atoms with E-state index in [0.29, 0.717) is 24.2 Å². The van der Waals surface area contributed by atoms with Gasteiger partial charge in [0, 0.05) is 12.8 Å². The van der Waals surface area contributed by atoms with Gasteiger partial charge in [-0.2, -0.15) is 0 Å². The fourth-order valence-electron chi connectivity index (χ4n) is 3.38. The number of nitrogens with zero attached hydrogens (tertiary/aromatic N) is 2. The number of fused-ring (bicyclic) bond motifs is 1. The first-order valence-corrected chi connectivity index (χ1v) is 8.55. The van der Waals surface area contributed by atoms with E-state index in [-0.39, 0.29) is 6.10 Å². The second-order valence-corrected chi connectivity index (χ2v) is 6.29. The maximum absolute atomic E-state index is 12.5. The van der Waals surface area contributed by atoms with Crippen LogP contribution in [-0.4, -0.2) is 34.4 Å². The van der Waals surface area contributed by atoms with Crippen LogP contribution in [0.2, 0.25) is 0 Å². The molecule has 0 spiro atoms. The summed E-state index contributed by atoms with van der Waals surface area (Å²) in [4.78, 5) is 31.7. The molecule has 1 saturated heterocycles. The lowest BCUT2D eigenvalue weighted by atomic mass is 10.0. The van der Waals surface area contributed by atoms with Crippen molar-refractivity contribution >= 4 is 11.0 Å². The molecule has 0 unspecified atom stereocenters. The van der Waals surface area contributed by atoms with Gasteiger partial charge >= 0.3 is 5.69 Å². The molecule has 1 aromatic carbocycles. The second-order valence-electron chi connectivity index (χ2n) is 6.29. The van der Waals surface area contributed by atoms with Gasteiger partial charge in [0.2, 0.25) is 0 Å². The molecule has 7 nitrogen and oxygen atoms in total. The fourth-order valence-corrected chi connectivity index (χ4v) is 3.38. The largest absolute Gasteiger partial charge is 0.497 e. The van der Waals surface area contributed by atoms with E-state index in [0.717, 1.165) is 29.7 Å². The molecule has 1 aliphatic heterocycles. The molecule has 2 aromatic heterocycles. The molecular weight excluding hydrogens is 334 g/mol. The van der Waals surface area contributed by atoms with Crippen molar-refractivity contribution in [2.75, 3.05) is 13.7 Å². The summed E-state index contributed by atoms with van der Waals surface area (Å²) in [7, 11) is 1.60. The van der Waals surface area contributed by atoms with Gasteiger partial charge < -0.3 is 9.47 Å². The smallest absolute Gasteiger partial charge is 0.330 e. The van der Waals surface area contributed by atoms with E-state index in [9.17, 15) is 9.59 Å². The minimum Gasteiger partial charge on any atom is -0.497 e. The topological polar surface area (TPSA) is 86.2 Å². The molecule has 1 N–H and O–H groups in total. The third kappa shape index (κ3) is 2.90. The molecule has 0 saturated carbocycles. The van der Waals surface area contributed by atoms with Crippen LogP contribution in [0, 0.1) is 0 Å². The van der Waals surface area contributed by atoms with Crippen molar-refractivity contribution in [1.29, 1.82) is 0 Å². The number of H-pyrrole nitrogens is 1. The van der Waals surface area contributed by atoms with Crippen LogP contribution in [0.5, 0.6) is 5.75 Å². The van der Waals surface area contributed by atoms with Crippen molar-refractivity contribution in [1.82, 2.24) is 14.5 Å². The summed E-state index contributed by atoms with van der Waals surface area (Å²) < 4.78 is 12.3. The molecule has 0 amide bonds. The lowest BCUT2D eigenvalue weighted by molar-refractivity contribution is 0.0967. The molecule has 1 fully saturated rings. The first-order chi connectivity index (χ1) is 12.7. The summed E-state index contributed by atoms with van der Waals surface area (Å²) in [5.41, 5.74) is 1.05. The van der Waals surface area contributed by atoms with E-state index < -0.39 is 11.2 Å². The third-order valence-electron chi connectivity index (χ3n) is 4.69. The summed E-state index contributed by atoms with van der Waals surface area (Å²) in [6.07, 6.45) is 3.46. The Balaban J connectivity index is 1.89. The Kier molecular flexibility index (Phi) is 4.30. The number of aromatic amines is 1. The number of rotatable bonds is 4. The lowest BCUT2D eigenvalue weighted by Gasteiger charge is -2.14. The van der Waals surface area contributed by atoms with E-state index in [2.05, 4.69) is 9.97 Å². The molecular formula is C19H19N3O4. The maximum Gasteiger partial charge on any atom is 0.330 e. The number of pyridine rings is 1. The van der Waals surface area contributed by atoms with Gasteiger partial charge in [-0.05, 0) is 42.2 Å². The number of hydrogen-bond acceptors (Lipinski definition) is 5. The van der Waals surface area contributed by atoms with Gasteiger partial charge in [-0.3, -0.25) is 14.3 Å². The third-order valence-corrected chi connectivity index (χ3v) is 4.69. The zero-order chi connectivity index (χ0) is 18.1. The van der Waals surface area contributed by atoms with Crippen LogP contribution < -0.4 is 16.0 Å². The highest BCUT2D eigenvalue weighted by Gasteiger charge is 2.20. The van der Waals surface area contributed by atoms with Crippen molar-refractivity contribution in [2.24, 2.45) is 0 Å². The maximum atomic E-state index is 12.5. The molecule has 0 bridgehead atoms. The SMILES string of the molecule is COc1ccc(-c2ccnc3c2c(=O)[nH]c(=O)n3C[C@H]2CCCO2)cc1. The lowest BCUT2D eigenvalue weighted by Crippen LogP contribution is -2.34. The predicted octanol–water partition coefficient (Wildman–Crippen LogP) is 1.94. The average Bonchev–Trinajstić information content (AvgIpc) is 3.18. The Hall–Kier alpha value is -2.93. The van der Waals surface area contributed by atoms with Crippen LogP contribution in [0.1, 0.15) is 12.8 Å². The highest BCUT2D eigenvalue weighted by atomic mass is 16.5. The monoisotopic (exact) mass is 353 g/mol. The zero-order valence-electron chi connectivity index (χ0n) is 14.4. The Labute approximate surface area is 149 Å². The molecule has 1 aliphatic rings. The van der Waals surface area contributed by atoms with Gasteiger partial charge in [-0.25, -0.2) is 9.78 Å². The first-order valence-electron chi connectivity index (χ1n) is 8.55. The molecule has 3 heterocycles. The zero-order valence-corrected chi connectivity index (χ0v) is 14.4. The standard InChI is InChI=1S/C19H19N3O4/c1-25-13-6-4-12(5-7-13)15-8-9-20-17-16(15)18(23)21-19(24)22(17)11-14-3-2-10-26-14/h4-9,14H,2-3,10-11H2,1H3,(H,21,23,24)/t14-/m1/s1. The molecule has 7 heteroatoms. The first kappa shape index (κ1) is 16.5. The van der Waals surface area contributed by atoms with Gasteiger partial charge in [0.25, 0.3) is 5.56 Å². The number of benzene rings is 1. The minimum absolute atomic E-state index is 0.0340. The Morgan fingerprint density at radius 1 is 1.27 bits per heavy atom. The van der Waals surface area contributed by atoms with Gasteiger partial charge in [-0.1, -0.05) is 12.1 Å². The van der Waals surface area contributed by atoms with E-state index in [1.807, 2.05) is 24.3 Å². The minimum atomic E-state index is -0.461. The molecule has 0 radical (unpaired) electrons. The van der Waals surface area contributed by atoms with E-state index in [1.54, 1.807) is 19.4 Å². The van der Waals surface area contributed by atoms with Gasteiger partial charge in [-0.15, -0.1) is 0 Å².